The second kappa shape index (κ2) is 8.56. The summed E-state index contributed by atoms with van der Waals surface area (Å²) in [4.78, 5) is 26.2. The second-order valence-corrected chi connectivity index (χ2v) is 6.46. The standard InChI is InChI=1S/C20H24N2O4/c1-25-17-7-4-15(5-8-17)6-9-19(23)21-16-10-12-22(13-11-16)20(24)18-3-2-14-26-18/h2-5,7-8,14,16H,6,9-13H2,1H3,(H,21,23). The van der Waals surface area contributed by atoms with Crippen molar-refractivity contribution < 1.29 is 18.7 Å². The number of rotatable bonds is 6. The molecule has 1 aromatic carbocycles. The normalized spacial score (nSPS) is 14.9. The van der Waals surface area contributed by atoms with Crippen LogP contribution in [0.15, 0.2) is 47.1 Å². The van der Waals surface area contributed by atoms with E-state index >= 15 is 0 Å². The van der Waals surface area contributed by atoms with E-state index in [1.54, 1.807) is 24.1 Å². The molecule has 0 aliphatic carbocycles. The van der Waals surface area contributed by atoms with Gasteiger partial charge < -0.3 is 19.4 Å². The second-order valence-electron chi connectivity index (χ2n) is 6.46. The quantitative estimate of drug-likeness (QED) is 0.864. The van der Waals surface area contributed by atoms with Crippen molar-refractivity contribution in [3.8, 4) is 5.75 Å². The lowest BCUT2D eigenvalue weighted by molar-refractivity contribution is -0.122. The first-order chi connectivity index (χ1) is 12.7. The Labute approximate surface area is 153 Å². The fourth-order valence-electron chi connectivity index (χ4n) is 3.13. The molecule has 0 spiro atoms. The molecule has 2 amide bonds. The van der Waals surface area contributed by atoms with Crippen LogP contribution in [0.5, 0.6) is 5.75 Å². The predicted octanol–water partition coefficient (Wildman–Crippen LogP) is 2.64. The summed E-state index contributed by atoms with van der Waals surface area (Å²) in [6, 6.07) is 11.3. The molecule has 1 aliphatic heterocycles. The lowest BCUT2D eigenvalue weighted by Crippen LogP contribution is -2.46. The van der Waals surface area contributed by atoms with Gasteiger partial charge in [-0.25, -0.2) is 0 Å². The molecule has 1 fully saturated rings. The number of methoxy groups -OCH3 is 1. The molecule has 0 bridgehead atoms. The molecule has 2 heterocycles. The number of aryl methyl sites for hydroxylation is 1. The highest BCUT2D eigenvalue weighted by molar-refractivity contribution is 5.91. The van der Waals surface area contributed by atoms with Gasteiger partial charge in [-0.05, 0) is 49.1 Å². The Morgan fingerprint density at radius 1 is 1.19 bits per heavy atom. The maximum atomic E-state index is 12.2. The van der Waals surface area contributed by atoms with Gasteiger partial charge in [0.2, 0.25) is 5.91 Å². The van der Waals surface area contributed by atoms with Gasteiger partial charge in [0.15, 0.2) is 5.76 Å². The summed E-state index contributed by atoms with van der Waals surface area (Å²) in [6.07, 6.45) is 4.19. The van der Waals surface area contributed by atoms with Crippen LogP contribution in [0.1, 0.15) is 35.4 Å². The lowest BCUT2D eigenvalue weighted by Gasteiger charge is -2.31. The zero-order valence-corrected chi connectivity index (χ0v) is 14.9. The Morgan fingerprint density at radius 2 is 1.92 bits per heavy atom. The van der Waals surface area contributed by atoms with Gasteiger partial charge in [-0.2, -0.15) is 0 Å². The third kappa shape index (κ3) is 4.65. The number of piperidine rings is 1. The van der Waals surface area contributed by atoms with Crippen LogP contribution in [-0.2, 0) is 11.2 Å². The van der Waals surface area contributed by atoms with Gasteiger partial charge in [-0.3, -0.25) is 9.59 Å². The van der Waals surface area contributed by atoms with Crippen LogP contribution in [0, 0.1) is 0 Å². The van der Waals surface area contributed by atoms with Crippen molar-refractivity contribution in [2.75, 3.05) is 20.2 Å². The molecule has 6 heteroatoms. The van der Waals surface area contributed by atoms with E-state index in [2.05, 4.69) is 5.32 Å². The molecule has 1 aliphatic rings. The molecule has 0 saturated carbocycles. The average molecular weight is 356 g/mol. The molecule has 1 aromatic heterocycles. The molecular formula is C20H24N2O4. The number of nitrogens with zero attached hydrogens (tertiary/aromatic N) is 1. The first kappa shape index (κ1) is 18.0. The molecule has 138 valence electrons. The Balaban J connectivity index is 1.39. The first-order valence-corrected chi connectivity index (χ1v) is 8.91. The Hall–Kier alpha value is -2.76. The number of likely N-dealkylation sites (tertiary alicyclic amines) is 1. The third-order valence-corrected chi connectivity index (χ3v) is 4.68. The van der Waals surface area contributed by atoms with Gasteiger partial charge in [-0.15, -0.1) is 0 Å². The van der Waals surface area contributed by atoms with Crippen molar-refractivity contribution in [3.63, 3.8) is 0 Å². The average Bonchev–Trinajstić information content (AvgIpc) is 3.21. The fraction of sp³-hybridized carbons (Fsp3) is 0.400. The number of hydrogen-bond donors (Lipinski definition) is 1. The van der Waals surface area contributed by atoms with E-state index in [0.717, 1.165) is 24.2 Å². The lowest BCUT2D eigenvalue weighted by atomic mass is 10.0. The van der Waals surface area contributed by atoms with Crippen molar-refractivity contribution >= 4 is 11.8 Å². The minimum absolute atomic E-state index is 0.0524. The predicted molar refractivity (Wildman–Crippen MR) is 97.1 cm³/mol. The molecule has 0 atom stereocenters. The number of amides is 2. The number of nitrogens with one attached hydrogen (secondary N) is 1. The zero-order valence-electron chi connectivity index (χ0n) is 14.9. The van der Waals surface area contributed by atoms with Gasteiger partial charge in [0, 0.05) is 25.6 Å². The van der Waals surface area contributed by atoms with Crippen LogP contribution in [0.4, 0.5) is 0 Å². The Morgan fingerprint density at radius 3 is 2.54 bits per heavy atom. The van der Waals surface area contributed by atoms with Gasteiger partial charge in [0.1, 0.15) is 5.75 Å². The van der Waals surface area contributed by atoms with E-state index in [-0.39, 0.29) is 17.9 Å². The van der Waals surface area contributed by atoms with Gasteiger partial charge in [0.05, 0.1) is 13.4 Å². The fourth-order valence-corrected chi connectivity index (χ4v) is 3.13. The van der Waals surface area contributed by atoms with Crippen LogP contribution < -0.4 is 10.1 Å². The maximum Gasteiger partial charge on any atom is 0.289 e. The van der Waals surface area contributed by atoms with Crippen LogP contribution in [0.25, 0.3) is 0 Å². The van der Waals surface area contributed by atoms with Crippen molar-refractivity contribution in [1.29, 1.82) is 0 Å². The smallest absolute Gasteiger partial charge is 0.289 e. The highest BCUT2D eigenvalue weighted by Gasteiger charge is 2.25. The SMILES string of the molecule is COc1ccc(CCC(=O)NC2CCN(C(=O)c3ccco3)CC2)cc1. The van der Waals surface area contributed by atoms with Crippen LogP contribution >= 0.6 is 0 Å². The number of carbonyl (C=O) groups is 2. The van der Waals surface area contributed by atoms with Crippen molar-refractivity contribution in [1.82, 2.24) is 10.2 Å². The number of carbonyl (C=O) groups excluding carboxylic acids is 2. The summed E-state index contributed by atoms with van der Waals surface area (Å²) in [5, 5.41) is 3.08. The van der Waals surface area contributed by atoms with Crippen LogP contribution in [0.3, 0.4) is 0 Å². The molecule has 3 rings (SSSR count). The van der Waals surface area contributed by atoms with Gasteiger partial charge >= 0.3 is 0 Å². The summed E-state index contributed by atoms with van der Waals surface area (Å²) in [5.74, 6) is 1.15. The van der Waals surface area contributed by atoms with Crippen molar-refractivity contribution in [2.45, 2.75) is 31.7 Å². The maximum absolute atomic E-state index is 12.2. The summed E-state index contributed by atoms with van der Waals surface area (Å²) >= 11 is 0. The van der Waals surface area contributed by atoms with E-state index in [9.17, 15) is 9.59 Å². The monoisotopic (exact) mass is 356 g/mol. The molecule has 2 aromatic rings. The van der Waals surface area contributed by atoms with Gasteiger partial charge in [-0.1, -0.05) is 12.1 Å². The third-order valence-electron chi connectivity index (χ3n) is 4.68. The molecule has 26 heavy (non-hydrogen) atoms. The molecule has 0 unspecified atom stereocenters. The van der Waals surface area contributed by atoms with Crippen LogP contribution in [0.2, 0.25) is 0 Å². The highest BCUT2D eigenvalue weighted by atomic mass is 16.5. The topological polar surface area (TPSA) is 71.8 Å². The Kier molecular flexibility index (Phi) is 5.94. The summed E-state index contributed by atoms with van der Waals surface area (Å²) in [5.41, 5.74) is 1.11. The molecule has 1 saturated heterocycles. The number of benzene rings is 1. The van der Waals surface area contributed by atoms with E-state index in [0.29, 0.717) is 31.7 Å². The van der Waals surface area contributed by atoms with Gasteiger partial charge in [0.25, 0.3) is 5.91 Å². The van der Waals surface area contributed by atoms with E-state index in [4.69, 9.17) is 9.15 Å². The number of hydrogen-bond acceptors (Lipinski definition) is 4. The van der Waals surface area contributed by atoms with Crippen molar-refractivity contribution in [2.24, 2.45) is 0 Å². The minimum Gasteiger partial charge on any atom is -0.497 e. The number of ether oxygens (including phenoxy) is 1. The summed E-state index contributed by atoms with van der Waals surface area (Å²) in [7, 11) is 1.63. The highest BCUT2D eigenvalue weighted by Crippen LogP contribution is 2.15. The molecule has 0 radical (unpaired) electrons. The zero-order chi connectivity index (χ0) is 18.4. The molecule has 6 nitrogen and oxygen atoms in total. The largest absolute Gasteiger partial charge is 0.497 e. The summed E-state index contributed by atoms with van der Waals surface area (Å²) < 4.78 is 10.3. The van der Waals surface area contributed by atoms with E-state index in [1.807, 2.05) is 24.3 Å². The first-order valence-electron chi connectivity index (χ1n) is 8.91. The molecular weight excluding hydrogens is 332 g/mol. The van der Waals surface area contributed by atoms with Crippen LogP contribution in [-0.4, -0.2) is 43.0 Å². The Bertz CT molecular complexity index is 717. The van der Waals surface area contributed by atoms with Crippen molar-refractivity contribution in [3.05, 3.63) is 54.0 Å². The number of furan rings is 1. The minimum atomic E-state index is -0.0840. The molecule has 1 N–H and O–H groups in total. The summed E-state index contributed by atoms with van der Waals surface area (Å²) in [6.45, 7) is 1.26. The van der Waals surface area contributed by atoms with E-state index in [1.165, 1.54) is 6.26 Å². The van der Waals surface area contributed by atoms with E-state index < -0.39 is 0 Å².